The summed E-state index contributed by atoms with van der Waals surface area (Å²) in [5.41, 5.74) is 3.21. The molecule has 4 heteroatoms. The van der Waals surface area contributed by atoms with Crippen LogP contribution in [0, 0.1) is 6.57 Å². The third kappa shape index (κ3) is 3.64. The van der Waals surface area contributed by atoms with Crippen LogP contribution in [0.3, 0.4) is 0 Å². The zero-order valence-corrected chi connectivity index (χ0v) is 16.6. The first-order chi connectivity index (χ1) is 13.0. The summed E-state index contributed by atoms with van der Waals surface area (Å²) in [7, 11) is 0. The van der Waals surface area contributed by atoms with E-state index in [4.69, 9.17) is 22.9 Å². The Morgan fingerprint density at radius 1 is 1.07 bits per heavy atom. The Labute approximate surface area is 166 Å². The van der Waals surface area contributed by atoms with Crippen molar-refractivity contribution in [2.45, 2.75) is 63.6 Å². The van der Waals surface area contributed by atoms with E-state index in [1.54, 1.807) is 12.1 Å². The van der Waals surface area contributed by atoms with E-state index in [2.05, 4.69) is 47.9 Å². The number of ether oxygens (including phenoxy) is 1. The van der Waals surface area contributed by atoms with E-state index in [1.165, 1.54) is 24.1 Å². The number of nitrogens with zero attached hydrogens (tertiary/aromatic N) is 2. The van der Waals surface area contributed by atoms with Gasteiger partial charge in [0.2, 0.25) is 5.69 Å². The first-order valence-electron chi connectivity index (χ1n) is 9.77. The molecule has 2 aromatic rings. The van der Waals surface area contributed by atoms with Crippen LogP contribution >= 0.6 is 11.6 Å². The number of fused-ring (bicyclic) bond motifs is 2. The van der Waals surface area contributed by atoms with Gasteiger partial charge in [0.15, 0.2) is 0 Å². The predicted molar refractivity (Wildman–Crippen MR) is 111 cm³/mol. The second kappa shape index (κ2) is 7.44. The highest BCUT2D eigenvalue weighted by Crippen LogP contribution is 2.41. The van der Waals surface area contributed by atoms with Gasteiger partial charge in [-0.3, -0.25) is 0 Å². The molecule has 0 spiro atoms. The number of rotatable bonds is 4. The van der Waals surface area contributed by atoms with Gasteiger partial charge >= 0.3 is 0 Å². The monoisotopic (exact) mass is 380 g/mol. The topological polar surface area (TPSA) is 16.8 Å². The number of hydrogen-bond acceptors (Lipinski definition) is 2. The fraction of sp³-hybridized carbons (Fsp3) is 0.435. The fourth-order valence-electron chi connectivity index (χ4n) is 4.52. The van der Waals surface area contributed by atoms with Crippen LogP contribution in [-0.2, 0) is 0 Å². The fourth-order valence-corrected chi connectivity index (χ4v) is 4.73. The molecule has 2 aliphatic rings. The van der Waals surface area contributed by atoms with Crippen molar-refractivity contribution in [1.82, 2.24) is 0 Å². The molecule has 0 saturated carbocycles. The predicted octanol–water partition coefficient (Wildman–Crippen LogP) is 6.59. The lowest BCUT2D eigenvalue weighted by Gasteiger charge is -2.40. The molecule has 3 nitrogen and oxygen atoms in total. The summed E-state index contributed by atoms with van der Waals surface area (Å²) in [5.74, 6) is 1.34. The minimum absolute atomic E-state index is 0.212. The lowest BCUT2D eigenvalue weighted by Crippen LogP contribution is -2.46. The van der Waals surface area contributed by atoms with Crippen LogP contribution in [0.2, 0.25) is 5.02 Å². The first kappa shape index (κ1) is 18.2. The summed E-state index contributed by atoms with van der Waals surface area (Å²) in [5, 5.41) is 0.466. The van der Waals surface area contributed by atoms with E-state index in [0.717, 1.165) is 18.6 Å². The summed E-state index contributed by atoms with van der Waals surface area (Å²) in [6.07, 6.45) is 4.74. The molecule has 2 fully saturated rings. The molecule has 4 rings (SSSR count). The molecule has 2 unspecified atom stereocenters. The maximum Gasteiger partial charge on any atom is 0.205 e. The van der Waals surface area contributed by atoms with Crippen molar-refractivity contribution in [2.75, 3.05) is 4.90 Å². The highest BCUT2D eigenvalue weighted by molar-refractivity contribution is 6.33. The molecule has 2 atom stereocenters. The van der Waals surface area contributed by atoms with Crippen LogP contribution in [-0.4, -0.2) is 18.2 Å². The van der Waals surface area contributed by atoms with Crippen LogP contribution < -0.4 is 9.64 Å². The summed E-state index contributed by atoms with van der Waals surface area (Å²) in [6, 6.07) is 15.5. The Balaban J connectivity index is 1.46. The van der Waals surface area contributed by atoms with Gasteiger partial charge in [0.25, 0.3) is 0 Å². The van der Waals surface area contributed by atoms with Crippen molar-refractivity contribution in [1.29, 1.82) is 0 Å². The van der Waals surface area contributed by atoms with Crippen LogP contribution in [0.25, 0.3) is 4.85 Å². The zero-order valence-electron chi connectivity index (χ0n) is 15.9. The van der Waals surface area contributed by atoms with E-state index in [9.17, 15) is 0 Å². The third-order valence-electron chi connectivity index (χ3n) is 5.89. The third-order valence-corrected chi connectivity index (χ3v) is 6.19. The minimum atomic E-state index is 0.212. The van der Waals surface area contributed by atoms with Crippen molar-refractivity contribution < 1.29 is 4.74 Å². The van der Waals surface area contributed by atoms with Crippen molar-refractivity contribution >= 4 is 23.0 Å². The van der Waals surface area contributed by atoms with E-state index < -0.39 is 0 Å². The lowest BCUT2D eigenvalue weighted by molar-refractivity contribution is 0.150. The van der Waals surface area contributed by atoms with Gasteiger partial charge in [-0.15, -0.1) is 0 Å². The van der Waals surface area contributed by atoms with Crippen LogP contribution in [0.15, 0.2) is 42.5 Å². The Bertz CT molecular complexity index is 842. The van der Waals surface area contributed by atoms with Gasteiger partial charge in [-0.1, -0.05) is 43.6 Å². The van der Waals surface area contributed by atoms with Crippen LogP contribution in [0.1, 0.15) is 51.0 Å². The largest absolute Gasteiger partial charge is 0.490 e. The quantitative estimate of drug-likeness (QED) is 0.556. The van der Waals surface area contributed by atoms with Gasteiger partial charge in [-0.2, -0.15) is 0 Å². The molecule has 2 saturated heterocycles. The van der Waals surface area contributed by atoms with E-state index in [-0.39, 0.29) is 6.10 Å². The summed E-state index contributed by atoms with van der Waals surface area (Å²) in [4.78, 5) is 6.02. The van der Waals surface area contributed by atoms with Crippen molar-refractivity contribution in [3.05, 3.63) is 64.5 Å². The molecule has 27 heavy (non-hydrogen) atoms. The smallest absolute Gasteiger partial charge is 0.205 e. The molecule has 140 valence electrons. The maximum atomic E-state index is 7.10. The van der Waals surface area contributed by atoms with Gasteiger partial charge < -0.3 is 9.64 Å². The average molecular weight is 381 g/mol. The molecule has 2 bridgehead atoms. The summed E-state index contributed by atoms with van der Waals surface area (Å²) >= 11 is 6.15. The average Bonchev–Trinajstić information content (AvgIpc) is 2.92. The van der Waals surface area contributed by atoms with Crippen LogP contribution in [0.5, 0.6) is 5.75 Å². The standard InChI is InChI=1S/C23H25ClN2O/c1-15(2)16-4-6-17(7-5-16)26-18-8-9-19(26)13-21(12-18)27-20-10-11-23(25-3)22(24)14-20/h4-7,10-11,14-15,18-19,21H,8-9,12-13H2,1-2H3. The molecule has 0 radical (unpaired) electrons. The van der Waals surface area contributed by atoms with Crippen molar-refractivity contribution in [3.63, 3.8) is 0 Å². The normalized spacial score (nSPS) is 24.1. The molecule has 0 N–H and O–H groups in total. The number of piperidine rings is 1. The molecule has 0 aliphatic carbocycles. The van der Waals surface area contributed by atoms with Crippen LogP contribution in [0.4, 0.5) is 11.4 Å². The van der Waals surface area contributed by atoms with Gasteiger partial charge in [0, 0.05) is 30.6 Å². The van der Waals surface area contributed by atoms with Gasteiger partial charge in [0.1, 0.15) is 11.9 Å². The molecule has 2 aliphatic heterocycles. The molecular formula is C23H25ClN2O. The van der Waals surface area contributed by atoms with E-state index >= 15 is 0 Å². The maximum absolute atomic E-state index is 7.10. The molecule has 0 amide bonds. The van der Waals surface area contributed by atoms with Crippen molar-refractivity contribution in [3.8, 4) is 5.75 Å². The van der Waals surface area contributed by atoms with E-state index in [0.29, 0.717) is 28.7 Å². The van der Waals surface area contributed by atoms with Gasteiger partial charge in [0.05, 0.1) is 11.6 Å². The van der Waals surface area contributed by atoms with Gasteiger partial charge in [-0.05, 0) is 48.6 Å². The SMILES string of the molecule is [C-]#[N+]c1ccc(OC2CC3CCC(C2)N3c2ccc(C(C)C)cc2)cc1Cl. The number of anilines is 1. The number of benzene rings is 2. The Hall–Kier alpha value is -2.18. The Morgan fingerprint density at radius 2 is 1.74 bits per heavy atom. The van der Waals surface area contributed by atoms with Crippen molar-refractivity contribution in [2.24, 2.45) is 0 Å². The Morgan fingerprint density at radius 3 is 2.30 bits per heavy atom. The lowest BCUT2D eigenvalue weighted by atomic mass is 9.97. The summed E-state index contributed by atoms with van der Waals surface area (Å²) in [6.45, 7) is 11.6. The minimum Gasteiger partial charge on any atom is -0.490 e. The summed E-state index contributed by atoms with van der Waals surface area (Å²) < 4.78 is 6.24. The molecule has 2 heterocycles. The van der Waals surface area contributed by atoms with Gasteiger partial charge in [-0.25, -0.2) is 4.85 Å². The molecule has 2 aromatic carbocycles. The number of halogens is 1. The second-order valence-corrected chi connectivity index (χ2v) is 8.38. The second-order valence-electron chi connectivity index (χ2n) is 7.97. The first-order valence-corrected chi connectivity index (χ1v) is 10.1. The number of hydrogen-bond donors (Lipinski definition) is 0. The highest BCUT2D eigenvalue weighted by atomic mass is 35.5. The molecular weight excluding hydrogens is 356 g/mol. The Kier molecular flexibility index (Phi) is 5.02. The zero-order chi connectivity index (χ0) is 19.0. The van der Waals surface area contributed by atoms with E-state index in [1.807, 2.05) is 6.07 Å². The molecule has 0 aromatic heterocycles. The highest BCUT2D eigenvalue weighted by Gasteiger charge is 2.41.